The molecule has 6 aliphatic carbocycles. The molecule has 0 saturated carbocycles. The Morgan fingerprint density at radius 3 is 1.02 bits per heavy atom. The summed E-state index contributed by atoms with van der Waals surface area (Å²) >= 11 is 0. The summed E-state index contributed by atoms with van der Waals surface area (Å²) in [5, 5.41) is 5.70. The van der Waals surface area contributed by atoms with Crippen molar-refractivity contribution in [3.05, 3.63) is 152 Å². The molecule has 0 aliphatic heterocycles. The fourth-order valence-electron chi connectivity index (χ4n) is 14.1. The van der Waals surface area contributed by atoms with Gasteiger partial charge in [-0.3, -0.25) is 0 Å². The lowest BCUT2D eigenvalue weighted by Gasteiger charge is -2.37. The van der Waals surface area contributed by atoms with E-state index < -0.39 is 0 Å². The van der Waals surface area contributed by atoms with E-state index in [4.69, 9.17) is 0 Å². The van der Waals surface area contributed by atoms with Gasteiger partial charge in [0, 0.05) is 32.5 Å². The first-order valence-electron chi connectivity index (χ1n) is 21.1. The van der Waals surface area contributed by atoms with Crippen LogP contribution < -0.4 is 0 Å². The molecule has 56 heavy (non-hydrogen) atoms. The van der Waals surface area contributed by atoms with Crippen LogP contribution in [0.25, 0.3) is 66.1 Å². The van der Waals surface area contributed by atoms with Crippen LogP contribution in [0.5, 0.6) is 0 Å². The summed E-state index contributed by atoms with van der Waals surface area (Å²) in [6.45, 7) is 30.1. The molecular weight excluding hydrogens is 673 g/mol. The lowest BCUT2D eigenvalue weighted by atomic mass is 9.66. The highest BCUT2D eigenvalue weighted by molar-refractivity contribution is 6.12. The third-order valence-corrected chi connectivity index (χ3v) is 16.9. The van der Waals surface area contributed by atoms with E-state index in [-0.39, 0.29) is 32.5 Å². The van der Waals surface area contributed by atoms with Crippen molar-refractivity contribution in [1.29, 1.82) is 0 Å². The Balaban J connectivity index is 1.11. The number of fused-ring (bicyclic) bond motifs is 8. The number of hydrogen-bond donors (Lipinski definition) is 0. The normalized spacial score (nSPS) is 20.6. The van der Waals surface area contributed by atoms with Crippen molar-refractivity contribution in [2.45, 2.75) is 116 Å². The molecule has 0 amide bonds. The Hall–Kier alpha value is -4.94. The van der Waals surface area contributed by atoms with Crippen molar-refractivity contribution in [3.63, 3.8) is 0 Å². The van der Waals surface area contributed by atoms with Crippen LogP contribution in [0.15, 0.2) is 84.9 Å². The Bertz CT molecular complexity index is 2950. The van der Waals surface area contributed by atoms with Crippen molar-refractivity contribution in [2.24, 2.45) is 0 Å². The molecule has 0 saturated heterocycles. The highest BCUT2D eigenvalue weighted by Gasteiger charge is 2.54. The molecular formula is C56H50. The highest BCUT2D eigenvalue weighted by Crippen LogP contribution is 2.68. The van der Waals surface area contributed by atoms with Gasteiger partial charge in [0.1, 0.15) is 0 Å². The highest BCUT2D eigenvalue weighted by atomic mass is 14.6. The largest absolute Gasteiger partial charge is 0.0613 e. The first-order chi connectivity index (χ1) is 26.3. The summed E-state index contributed by atoms with van der Waals surface area (Å²) in [6.07, 6.45) is 0. The molecule has 0 spiro atoms. The molecule has 0 radical (unpaired) electrons. The van der Waals surface area contributed by atoms with Gasteiger partial charge in [-0.2, -0.15) is 0 Å². The zero-order valence-corrected chi connectivity index (χ0v) is 35.1. The standard InChI is InChI=1S/C56H50/c1-51(2)33-17-13-15-27-19-21-35-43(41(27)33)45-39(51)25-31-29-23-38-30(24-37(29)55(9,10)47(31)49(45)53(35,5)6)32-26-40-46-44-36(54(7,8)50(46)48(32)56(38,11)12)22-20-28-16-14-18-34(42(28)44)52(40,3)4/h13-26H,1-12H3. The maximum atomic E-state index is 2.67. The van der Waals surface area contributed by atoms with Gasteiger partial charge in [-0.15, -0.1) is 0 Å². The van der Waals surface area contributed by atoms with Gasteiger partial charge < -0.3 is 0 Å². The third-order valence-electron chi connectivity index (χ3n) is 16.9. The van der Waals surface area contributed by atoms with Crippen molar-refractivity contribution in [3.8, 4) is 44.5 Å². The lowest BCUT2D eigenvalue weighted by Crippen LogP contribution is -2.27. The molecule has 0 heterocycles. The van der Waals surface area contributed by atoms with Crippen LogP contribution >= 0.6 is 0 Å². The van der Waals surface area contributed by atoms with Crippen LogP contribution in [0.3, 0.4) is 0 Å². The Labute approximate surface area is 332 Å². The fourth-order valence-corrected chi connectivity index (χ4v) is 14.1. The van der Waals surface area contributed by atoms with Crippen LogP contribution in [0.2, 0.25) is 0 Å². The molecule has 0 N–H and O–H groups in total. The molecule has 274 valence electrons. The quantitative estimate of drug-likeness (QED) is 0.146. The van der Waals surface area contributed by atoms with Gasteiger partial charge in [0.25, 0.3) is 0 Å². The minimum atomic E-state index is -0.152. The molecule has 7 aromatic rings. The number of benzene rings is 7. The van der Waals surface area contributed by atoms with Gasteiger partial charge in [-0.05, 0) is 157 Å². The summed E-state index contributed by atoms with van der Waals surface area (Å²) in [4.78, 5) is 0. The molecule has 0 bridgehead atoms. The average Bonchev–Trinajstić information content (AvgIpc) is 3.72. The molecule has 0 nitrogen and oxygen atoms in total. The summed E-state index contributed by atoms with van der Waals surface area (Å²) in [5.41, 5.74) is 29.4. The number of hydrogen-bond acceptors (Lipinski definition) is 0. The first kappa shape index (κ1) is 32.2. The van der Waals surface area contributed by atoms with Gasteiger partial charge in [-0.25, -0.2) is 0 Å². The molecule has 0 unspecified atom stereocenters. The average molecular weight is 723 g/mol. The zero-order valence-electron chi connectivity index (χ0n) is 35.1. The van der Waals surface area contributed by atoms with Crippen molar-refractivity contribution < 1.29 is 0 Å². The van der Waals surface area contributed by atoms with E-state index in [9.17, 15) is 0 Å². The van der Waals surface area contributed by atoms with Crippen molar-refractivity contribution in [1.82, 2.24) is 0 Å². The second-order valence-corrected chi connectivity index (χ2v) is 21.7. The van der Waals surface area contributed by atoms with E-state index in [1.54, 1.807) is 22.3 Å². The SMILES string of the molecule is CC1(C)c2cc3c(cc2-c2cc4c5c(c21)C(C)(C)c1ccc2cccc(c2c1-5)C4(C)C)C(C)(C)c1c-3cc2c3c1C(C)(C)c1ccc4cccc(c4c1-3)C2(C)C. The van der Waals surface area contributed by atoms with E-state index in [0.717, 1.165) is 0 Å². The van der Waals surface area contributed by atoms with Crippen LogP contribution in [0.1, 0.15) is 150 Å². The predicted octanol–water partition coefficient (Wildman–Crippen LogP) is 14.5. The van der Waals surface area contributed by atoms with Gasteiger partial charge in [0.2, 0.25) is 0 Å². The summed E-state index contributed by atoms with van der Waals surface area (Å²) in [5.74, 6) is 0. The molecule has 13 rings (SSSR count). The molecule has 0 fully saturated rings. The van der Waals surface area contributed by atoms with Crippen molar-refractivity contribution >= 4 is 21.5 Å². The Morgan fingerprint density at radius 1 is 0.268 bits per heavy atom. The van der Waals surface area contributed by atoms with E-state index in [1.165, 1.54) is 111 Å². The van der Waals surface area contributed by atoms with Crippen molar-refractivity contribution in [2.75, 3.05) is 0 Å². The molecule has 0 atom stereocenters. The molecule has 7 aromatic carbocycles. The van der Waals surface area contributed by atoms with Crippen LogP contribution in [0, 0.1) is 0 Å². The van der Waals surface area contributed by atoms with Crippen LogP contribution in [0.4, 0.5) is 0 Å². The van der Waals surface area contributed by atoms with Gasteiger partial charge >= 0.3 is 0 Å². The second kappa shape index (κ2) is 8.79. The van der Waals surface area contributed by atoms with Crippen LogP contribution in [-0.2, 0) is 32.5 Å². The maximum Gasteiger partial charge on any atom is 0.0162 e. The smallest absolute Gasteiger partial charge is 0.0162 e. The minimum Gasteiger partial charge on any atom is -0.0613 e. The maximum absolute atomic E-state index is 2.67. The molecule has 0 heteroatoms. The summed E-state index contributed by atoms with van der Waals surface area (Å²) in [6, 6.07) is 34.4. The predicted molar refractivity (Wildman–Crippen MR) is 236 cm³/mol. The number of rotatable bonds is 0. The summed E-state index contributed by atoms with van der Waals surface area (Å²) in [7, 11) is 0. The van der Waals surface area contributed by atoms with Crippen LogP contribution in [-0.4, -0.2) is 0 Å². The Morgan fingerprint density at radius 2 is 0.625 bits per heavy atom. The first-order valence-corrected chi connectivity index (χ1v) is 21.1. The zero-order chi connectivity index (χ0) is 38.8. The van der Waals surface area contributed by atoms with Gasteiger partial charge in [0.15, 0.2) is 0 Å². The second-order valence-electron chi connectivity index (χ2n) is 21.7. The lowest BCUT2D eigenvalue weighted by molar-refractivity contribution is 0.594. The van der Waals surface area contributed by atoms with E-state index in [2.05, 4.69) is 168 Å². The van der Waals surface area contributed by atoms with E-state index in [0.29, 0.717) is 0 Å². The monoisotopic (exact) mass is 722 g/mol. The topological polar surface area (TPSA) is 0 Å². The minimum absolute atomic E-state index is 0.0997. The van der Waals surface area contributed by atoms with Gasteiger partial charge in [-0.1, -0.05) is 144 Å². The van der Waals surface area contributed by atoms with Gasteiger partial charge in [0.05, 0.1) is 0 Å². The van der Waals surface area contributed by atoms with E-state index in [1.807, 2.05) is 0 Å². The summed E-state index contributed by atoms with van der Waals surface area (Å²) < 4.78 is 0. The third kappa shape index (κ3) is 3.04. The van der Waals surface area contributed by atoms with E-state index >= 15 is 0 Å². The fraction of sp³-hybridized carbons (Fsp3) is 0.321. The Kier molecular flexibility index (Phi) is 5.05. The molecule has 6 aliphatic rings. The molecule has 0 aromatic heterocycles.